The summed E-state index contributed by atoms with van der Waals surface area (Å²) in [6.45, 7) is 0. The number of nitriles is 1. The van der Waals surface area contributed by atoms with Gasteiger partial charge in [-0.2, -0.15) is 5.26 Å². The molecule has 0 aliphatic carbocycles. The molecular formula is C9H4ClFINO. The maximum absolute atomic E-state index is 13.3. The SMILES string of the molecule is N#Cc1ccc(C(=O)CCl)c(I)c1F. The van der Waals surface area contributed by atoms with Gasteiger partial charge in [0.2, 0.25) is 0 Å². The lowest BCUT2D eigenvalue weighted by Gasteiger charge is -2.03. The van der Waals surface area contributed by atoms with Crippen LogP contribution >= 0.6 is 34.2 Å². The molecule has 1 aromatic rings. The lowest BCUT2D eigenvalue weighted by Crippen LogP contribution is -2.05. The molecule has 1 rings (SSSR count). The minimum atomic E-state index is -0.663. The molecule has 1 aromatic carbocycles. The van der Waals surface area contributed by atoms with E-state index in [1.165, 1.54) is 12.1 Å². The summed E-state index contributed by atoms with van der Waals surface area (Å²) < 4.78 is 13.5. The summed E-state index contributed by atoms with van der Waals surface area (Å²) in [4.78, 5) is 11.2. The van der Waals surface area contributed by atoms with Gasteiger partial charge in [0, 0.05) is 5.56 Å². The second kappa shape index (κ2) is 4.71. The van der Waals surface area contributed by atoms with Crippen LogP contribution in [0.1, 0.15) is 15.9 Å². The average Bonchev–Trinajstić information content (AvgIpc) is 2.21. The van der Waals surface area contributed by atoms with Gasteiger partial charge in [-0.25, -0.2) is 4.39 Å². The molecule has 0 aliphatic heterocycles. The molecule has 0 aliphatic rings. The van der Waals surface area contributed by atoms with Crippen molar-refractivity contribution in [1.82, 2.24) is 0 Å². The Morgan fingerprint density at radius 1 is 1.64 bits per heavy atom. The number of rotatable bonds is 2. The molecule has 0 heterocycles. The van der Waals surface area contributed by atoms with E-state index in [2.05, 4.69) is 0 Å². The van der Waals surface area contributed by atoms with Crippen molar-refractivity contribution in [2.75, 3.05) is 5.88 Å². The molecule has 14 heavy (non-hydrogen) atoms. The van der Waals surface area contributed by atoms with Crippen LogP contribution in [-0.4, -0.2) is 11.7 Å². The highest BCUT2D eigenvalue weighted by Gasteiger charge is 2.15. The quantitative estimate of drug-likeness (QED) is 0.477. The van der Waals surface area contributed by atoms with E-state index in [0.717, 1.165) is 0 Å². The fraction of sp³-hybridized carbons (Fsp3) is 0.111. The van der Waals surface area contributed by atoms with Crippen molar-refractivity contribution in [3.8, 4) is 6.07 Å². The van der Waals surface area contributed by atoms with Gasteiger partial charge < -0.3 is 0 Å². The van der Waals surface area contributed by atoms with Crippen molar-refractivity contribution in [1.29, 1.82) is 5.26 Å². The third-order valence-electron chi connectivity index (χ3n) is 1.62. The zero-order chi connectivity index (χ0) is 10.7. The normalized spacial score (nSPS) is 9.57. The fourth-order valence-corrected chi connectivity index (χ4v) is 1.84. The first-order valence-corrected chi connectivity index (χ1v) is 5.20. The van der Waals surface area contributed by atoms with Gasteiger partial charge in [-0.05, 0) is 34.7 Å². The van der Waals surface area contributed by atoms with E-state index in [1.807, 2.05) is 0 Å². The Labute approximate surface area is 98.8 Å². The minimum Gasteiger partial charge on any atom is -0.293 e. The van der Waals surface area contributed by atoms with Crippen LogP contribution in [-0.2, 0) is 0 Å². The van der Waals surface area contributed by atoms with Crippen LogP contribution in [0.5, 0.6) is 0 Å². The van der Waals surface area contributed by atoms with Gasteiger partial charge in [-0.1, -0.05) is 0 Å². The molecule has 0 bridgehead atoms. The molecule has 72 valence electrons. The highest BCUT2D eigenvalue weighted by Crippen LogP contribution is 2.20. The van der Waals surface area contributed by atoms with Gasteiger partial charge in [-0.3, -0.25) is 4.79 Å². The molecule has 0 N–H and O–H groups in total. The first kappa shape index (κ1) is 11.4. The van der Waals surface area contributed by atoms with Crippen LogP contribution in [0.15, 0.2) is 12.1 Å². The Balaban J connectivity index is 3.33. The van der Waals surface area contributed by atoms with Gasteiger partial charge in [-0.15, -0.1) is 11.6 Å². The summed E-state index contributed by atoms with van der Waals surface area (Å²) in [5, 5.41) is 8.53. The summed E-state index contributed by atoms with van der Waals surface area (Å²) in [6.07, 6.45) is 0. The van der Waals surface area contributed by atoms with Gasteiger partial charge in [0.05, 0.1) is 15.0 Å². The van der Waals surface area contributed by atoms with E-state index >= 15 is 0 Å². The van der Waals surface area contributed by atoms with Crippen LogP contribution < -0.4 is 0 Å². The van der Waals surface area contributed by atoms with E-state index in [0.29, 0.717) is 0 Å². The highest BCUT2D eigenvalue weighted by molar-refractivity contribution is 14.1. The van der Waals surface area contributed by atoms with Crippen LogP contribution in [0.25, 0.3) is 0 Å². The summed E-state index contributed by atoms with van der Waals surface area (Å²) >= 11 is 7.03. The Bertz CT molecular complexity index is 428. The van der Waals surface area contributed by atoms with Gasteiger partial charge >= 0.3 is 0 Å². The molecule has 0 atom stereocenters. The van der Waals surface area contributed by atoms with E-state index in [1.54, 1.807) is 28.7 Å². The monoisotopic (exact) mass is 323 g/mol. The molecule has 5 heteroatoms. The molecule has 0 spiro atoms. The van der Waals surface area contributed by atoms with Crippen LogP contribution in [0.3, 0.4) is 0 Å². The number of hydrogen-bond donors (Lipinski definition) is 0. The first-order chi connectivity index (χ1) is 6.61. The van der Waals surface area contributed by atoms with Crippen molar-refractivity contribution < 1.29 is 9.18 Å². The molecule has 0 aromatic heterocycles. The molecule has 0 amide bonds. The molecule has 0 radical (unpaired) electrons. The molecule has 0 unspecified atom stereocenters. The topological polar surface area (TPSA) is 40.9 Å². The van der Waals surface area contributed by atoms with Crippen molar-refractivity contribution in [3.05, 3.63) is 32.6 Å². The van der Waals surface area contributed by atoms with Crippen LogP contribution in [0.2, 0.25) is 0 Å². The van der Waals surface area contributed by atoms with Crippen LogP contribution in [0, 0.1) is 20.7 Å². The maximum Gasteiger partial charge on any atom is 0.178 e. The Morgan fingerprint density at radius 3 is 2.79 bits per heavy atom. The van der Waals surface area contributed by atoms with Gasteiger partial charge in [0.25, 0.3) is 0 Å². The van der Waals surface area contributed by atoms with E-state index in [4.69, 9.17) is 16.9 Å². The third-order valence-corrected chi connectivity index (χ3v) is 2.92. The Hall–Kier alpha value is -0.670. The van der Waals surface area contributed by atoms with Crippen molar-refractivity contribution in [2.24, 2.45) is 0 Å². The third kappa shape index (κ3) is 2.04. The number of Topliss-reactive ketones (excluding diaryl/α,β-unsaturated/α-hetero) is 1. The largest absolute Gasteiger partial charge is 0.293 e. The minimum absolute atomic E-state index is 0.0690. The van der Waals surface area contributed by atoms with Gasteiger partial charge in [0.1, 0.15) is 6.07 Å². The van der Waals surface area contributed by atoms with E-state index < -0.39 is 5.82 Å². The number of carbonyl (C=O) groups excluding carboxylic acids is 1. The maximum atomic E-state index is 13.3. The highest BCUT2D eigenvalue weighted by atomic mass is 127. The van der Waals surface area contributed by atoms with Crippen molar-refractivity contribution >= 4 is 40.0 Å². The lowest BCUT2D eigenvalue weighted by molar-refractivity contribution is 0.101. The fourth-order valence-electron chi connectivity index (χ4n) is 0.923. The predicted molar refractivity (Wildman–Crippen MR) is 58.9 cm³/mol. The van der Waals surface area contributed by atoms with Crippen molar-refractivity contribution in [3.63, 3.8) is 0 Å². The number of benzene rings is 1. The Morgan fingerprint density at radius 2 is 2.29 bits per heavy atom. The Kier molecular flexibility index (Phi) is 3.84. The number of hydrogen-bond acceptors (Lipinski definition) is 2. The standard InChI is InChI=1S/C9H4ClFINO/c10-3-7(14)6-2-1-5(4-13)8(11)9(6)12/h1-2H,3H2. The second-order valence-corrected chi connectivity index (χ2v) is 3.80. The molecule has 0 saturated heterocycles. The van der Waals surface area contributed by atoms with Crippen LogP contribution in [0.4, 0.5) is 4.39 Å². The number of halogens is 3. The molecule has 2 nitrogen and oxygen atoms in total. The first-order valence-electron chi connectivity index (χ1n) is 3.59. The van der Waals surface area contributed by atoms with E-state index in [9.17, 15) is 9.18 Å². The number of ketones is 1. The lowest BCUT2D eigenvalue weighted by atomic mass is 10.1. The summed E-state index contributed by atoms with van der Waals surface area (Å²) in [6, 6.07) is 4.38. The number of nitrogens with zero attached hydrogens (tertiary/aromatic N) is 1. The summed E-state index contributed by atoms with van der Waals surface area (Å²) in [5.41, 5.74) is 0.151. The predicted octanol–water partition coefficient (Wildman–Crippen LogP) is 2.72. The van der Waals surface area contributed by atoms with Gasteiger partial charge in [0.15, 0.2) is 11.6 Å². The van der Waals surface area contributed by atoms with E-state index in [-0.39, 0.29) is 26.4 Å². The molecule has 0 saturated carbocycles. The summed E-state index contributed by atoms with van der Waals surface area (Å²) in [5.74, 6) is -1.20. The molecule has 0 fully saturated rings. The number of carbonyl (C=O) groups is 1. The smallest absolute Gasteiger partial charge is 0.178 e. The zero-order valence-electron chi connectivity index (χ0n) is 6.85. The zero-order valence-corrected chi connectivity index (χ0v) is 9.76. The molecular weight excluding hydrogens is 319 g/mol. The number of alkyl halides is 1. The average molecular weight is 323 g/mol. The second-order valence-electron chi connectivity index (χ2n) is 2.46. The van der Waals surface area contributed by atoms with Crippen molar-refractivity contribution in [2.45, 2.75) is 0 Å². The summed E-state index contributed by atoms with van der Waals surface area (Å²) in [7, 11) is 0.